The van der Waals surface area contributed by atoms with E-state index in [0.29, 0.717) is 50.3 Å². The maximum atomic E-state index is 12.4. The highest BCUT2D eigenvalue weighted by Crippen LogP contribution is 2.50. The van der Waals surface area contributed by atoms with Crippen molar-refractivity contribution >= 4 is 23.0 Å². The van der Waals surface area contributed by atoms with E-state index in [1.54, 1.807) is 6.07 Å². The number of aromatic carboxylic acids is 1. The number of rotatable bonds is 9. The Morgan fingerprint density at radius 2 is 1.80 bits per heavy atom. The number of carbonyl (C=O) groups excluding carboxylic acids is 1. The summed E-state index contributed by atoms with van der Waals surface area (Å²) in [6.07, 6.45) is 5.30. The van der Waals surface area contributed by atoms with Crippen molar-refractivity contribution < 1.29 is 28.9 Å². The van der Waals surface area contributed by atoms with Crippen molar-refractivity contribution in [1.29, 1.82) is 0 Å². The van der Waals surface area contributed by atoms with Crippen molar-refractivity contribution in [1.82, 2.24) is 14.8 Å². The van der Waals surface area contributed by atoms with Gasteiger partial charge in [-0.25, -0.2) is 9.59 Å². The Bertz CT molecular complexity index is 1800. The monoisotopic (exact) mass is 667 g/mol. The molecule has 2 aliphatic rings. The van der Waals surface area contributed by atoms with E-state index in [0.717, 1.165) is 46.1 Å². The van der Waals surface area contributed by atoms with Gasteiger partial charge in [-0.15, -0.1) is 0 Å². The average molecular weight is 668 g/mol. The Labute approximate surface area is 289 Å². The standard InChI is InChI=1S/C40H49N3O6/c1-26-16-19-33(47-24-27-12-8-6-9-13-27)37-34(26)36-35(28-14-10-7-11-15-28)31-18-17-29(38(44)45)22-32(31)43(36)23-30(25-48-37)42(5)21-20-41-39(46)49-40(2,3)4/h6,8-9,12-13,16-19,22,28,30H,7,10-11,14-15,20-21,23-25H2,1-5H3,(H,41,46)(H,44,45)/t30-/m1/s1. The number of carboxylic acid groups (broad SMARTS) is 1. The Morgan fingerprint density at radius 1 is 1.04 bits per heavy atom. The number of alkyl carbamates (subject to hydrolysis) is 1. The van der Waals surface area contributed by atoms with Crippen LogP contribution in [0.1, 0.15) is 85.8 Å². The Morgan fingerprint density at radius 3 is 2.51 bits per heavy atom. The third-order valence-corrected chi connectivity index (χ3v) is 9.74. The maximum absolute atomic E-state index is 12.4. The second-order valence-electron chi connectivity index (χ2n) is 14.5. The predicted octanol–water partition coefficient (Wildman–Crippen LogP) is 8.16. The summed E-state index contributed by atoms with van der Waals surface area (Å²) < 4.78 is 21.1. The highest BCUT2D eigenvalue weighted by atomic mass is 16.6. The molecule has 6 rings (SSSR count). The van der Waals surface area contributed by atoms with Gasteiger partial charge >= 0.3 is 12.1 Å². The number of hydrogen-bond acceptors (Lipinski definition) is 6. The zero-order chi connectivity index (χ0) is 34.7. The minimum atomic E-state index is -0.944. The van der Waals surface area contributed by atoms with Crippen LogP contribution in [-0.2, 0) is 17.9 Å². The highest BCUT2D eigenvalue weighted by Gasteiger charge is 2.34. The summed E-state index contributed by atoms with van der Waals surface area (Å²) >= 11 is 0. The fourth-order valence-corrected chi connectivity index (χ4v) is 7.26. The molecule has 2 heterocycles. The van der Waals surface area contributed by atoms with E-state index < -0.39 is 17.7 Å². The summed E-state index contributed by atoms with van der Waals surface area (Å²) in [6, 6.07) is 19.7. The molecule has 9 nitrogen and oxygen atoms in total. The lowest BCUT2D eigenvalue weighted by molar-refractivity contribution is 0.0516. The molecule has 1 amide bonds. The summed E-state index contributed by atoms with van der Waals surface area (Å²) in [5.74, 6) is 0.788. The van der Waals surface area contributed by atoms with E-state index in [4.69, 9.17) is 14.2 Å². The molecule has 1 aliphatic carbocycles. The molecule has 1 aliphatic heterocycles. The van der Waals surface area contributed by atoms with Crippen LogP contribution in [0.4, 0.5) is 4.79 Å². The van der Waals surface area contributed by atoms with Crippen LogP contribution < -0.4 is 14.8 Å². The van der Waals surface area contributed by atoms with Crippen LogP contribution in [0.25, 0.3) is 22.2 Å². The maximum Gasteiger partial charge on any atom is 0.407 e. The number of fused-ring (bicyclic) bond motifs is 5. The molecule has 0 unspecified atom stereocenters. The molecule has 1 saturated carbocycles. The smallest absolute Gasteiger partial charge is 0.407 e. The number of amides is 1. The van der Waals surface area contributed by atoms with Crippen molar-refractivity contribution in [2.24, 2.45) is 0 Å². The summed E-state index contributed by atoms with van der Waals surface area (Å²) in [6.45, 7) is 9.98. The number of ether oxygens (including phenoxy) is 3. The fourth-order valence-electron chi connectivity index (χ4n) is 7.26. The van der Waals surface area contributed by atoms with Gasteiger partial charge in [0.25, 0.3) is 0 Å². The van der Waals surface area contributed by atoms with Gasteiger partial charge in [-0.2, -0.15) is 0 Å². The zero-order valence-electron chi connectivity index (χ0n) is 29.4. The van der Waals surface area contributed by atoms with E-state index in [2.05, 4.69) is 27.8 Å². The van der Waals surface area contributed by atoms with E-state index in [9.17, 15) is 14.7 Å². The minimum Gasteiger partial charge on any atom is -0.487 e. The first-order chi connectivity index (χ1) is 23.5. The molecule has 0 spiro atoms. The molecule has 0 radical (unpaired) electrons. The molecule has 2 N–H and O–H groups in total. The first kappa shape index (κ1) is 34.4. The van der Waals surface area contributed by atoms with Crippen molar-refractivity contribution in [3.05, 3.63) is 82.9 Å². The topological polar surface area (TPSA) is 102 Å². The molecular weight excluding hydrogens is 618 g/mol. The lowest BCUT2D eigenvalue weighted by Gasteiger charge is -2.33. The number of aromatic nitrogens is 1. The number of nitrogens with one attached hydrogen (secondary N) is 1. The van der Waals surface area contributed by atoms with Gasteiger partial charge in [-0.3, -0.25) is 4.90 Å². The molecule has 1 fully saturated rings. The summed E-state index contributed by atoms with van der Waals surface area (Å²) in [7, 11) is 2.03. The fraction of sp³-hybridized carbons (Fsp3) is 0.450. The molecular formula is C40H49N3O6. The first-order valence-electron chi connectivity index (χ1n) is 17.5. The van der Waals surface area contributed by atoms with E-state index in [-0.39, 0.29) is 11.6 Å². The number of hydrogen-bond donors (Lipinski definition) is 2. The number of aryl methyl sites for hydroxylation is 1. The van der Waals surface area contributed by atoms with Gasteiger partial charge in [0.1, 0.15) is 18.8 Å². The highest BCUT2D eigenvalue weighted by molar-refractivity contribution is 5.99. The average Bonchev–Trinajstić information content (AvgIpc) is 3.36. The molecule has 4 aromatic rings. The third kappa shape index (κ3) is 7.72. The predicted molar refractivity (Wildman–Crippen MR) is 192 cm³/mol. The van der Waals surface area contributed by atoms with Crippen LogP contribution in [0.5, 0.6) is 11.5 Å². The van der Waals surface area contributed by atoms with Gasteiger partial charge in [-0.05, 0) is 88.4 Å². The van der Waals surface area contributed by atoms with Crippen LogP contribution in [0.3, 0.4) is 0 Å². The molecule has 49 heavy (non-hydrogen) atoms. The molecule has 1 atom stereocenters. The van der Waals surface area contributed by atoms with E-state index >= 15 is 0 Å². The van der Waals surface area contributed by atoms with Crippen LogP contribution in [0, 0.1) is 6.92 Å². The van der Waals surface area contributed by atoms with Crippen LogP contribution in [0.2, 0.25) is 0 Å². The Kier molecular flexibility index (Phi) is 10.2. The van der Waals surface area contributed by atoms with Crippen molar-refractivity contribution in [2.45, 2.75) is 90.5 Å². The molecule has 0 saturated heterocycles. The van der Waals surface area contributed by atoms with Gasteiger partial charge in [-0.1, -0.05) is 61.7 Å². The SMILES string of the molecule is Cc1ccc(OCc2ccccc2)c2c1-c1c(C3CCCCC3)c3ccc(C(=O)O)cc3n1C[C@@H](N(C)CCNC(=O)OC(C)(C)C)CO2. The number of likely N-dealkylation sites (N-methyl/N-ethyl adjacent to an activating group) is 1. The Hall–Kier alpha value is -4.50. The van der Waals surface area contributed by atoms with Crippen LogP contribution >= 0.6 is 0 Å². The molecule has 9 heteroatoms. The quantitative estimate of drug-likeness (QED) is 0.186. The first-order valence-corrected chi connectivity index (χ1v) is 17.5. The lowest BCUT2D eigenvalue weighted by atomic mass is 9.81. The normalized spacial score (nSPS) is 16.7. The summed E-state index contributed by atoms with van der Waals surface area (Å²) in [5.41, 5.74) is 6.12. The number of carbonyl (C=O) groups is 2. The largest absolute Gasteiger partial charge is 0.487 e. The summed E-state index contributed by atoms with van der Waals surface area (Å²) in [4.78, 5) is 26.9. The van der Waals surface area contributed by atoms with Crippen molar-refractivity contribution in [3.63, 3.8) is 0 Å². The van der Waals surface area contributed by atoms with Gasteiger partial charge in [0, 0.05) is 36.1 Å². The van der Waals surface area contributed by atoms with Crippen LogP contribution in [0.15, 0.2) is 60.7 Å². The molecule has 3 aromatic carbocycles. The van der Waals surface area contributed by atoms with E-state index in [1.807, 2.05) is 76.3 Å². The van der Waals surface area contributed by atoms with Gasteiger partial charge < -0.3 is 29.2 Å². The van der Waals surface area contributed by atoms with Crippen molar-refractivity contribution in [2.75, 3.05) is 26.7 Å². The number of benzene rings is 3. The zero-order valence-corrected chi connectivity index (χ0v) is 29.4. The molecule has 260 valence electrons. The van der Waals surface area contributed by atoms with Crippen LogP contribution in [-0.4, -0.2) is 65.0 Å². The van der Waals surface area contributed by atoms with Gasteiger partial charge in [0.2, 0.25) is 0 Å². The molecule has 0 bridgehead atoms. The molecule has 1 aromatic heterocycles. The second kappa shape index (κ2) is 14.5. The summed E-state index contributed by atoms with van der Waals surface area (Å²) in [5, 5.41) is 14.0. The third-order valence-electron chi connectivity index (χ3n) is 9.74. The Balaban J connectivity index is 1.46. The van der Waals surface area contributed by atoms with Gasteiger partial charge in [0.05, 0.1) is 17.3 Å². The minimum absolute atomic E-state index is 0.0990. The second-order valence-corrected chi connectivity index (χ2v) is 14.5. The number of carboxylic acids is 1. The van der Waals surface area contributed by atoms with Gasteiger partial charge in [0.15, 0.2) is 11.5 Å². The van der Waals surface area contributed by atoms with Crippen molar-refractivity contribution in [3.8, 4) is 22.8 Å². The lowest BCUT2D eigenvalue weighted by Crippen LogP contribution is -2.45. The number of nitrogens with zero attached hydrogens (tertiary/aromatic N) is 2. The van der Waals surface area contributed by atoms with E-state index in [1.165, 1.54) is 24.8 Å².